The van der Waals surface area contributed by atoms with Gasteiger partial charge in [0, 0.05) is 37.2 Å². The van der Waals surface area contributed by atoms with Crippen molar-refractivity contribution in [2.75, 3.05) is 18.0 Å². The Morgan fingerprint density at radius 1 is 1.33 bits per heavy atom. The van der Waals surface area contributed by atoms with Crippen molar-refractivity contribution >= 4 is 11.6 Å². The third kappa shape index (κ3) is 3.24. The van der Waals surface area contributed by atoms with E-state index in [1.54, 1.807) is 18.5 Å². The second kappa shape index (κ2) is 5.99. The van der Waals surface area contributed by atoms with Crippen molar-refractivity contribution in [2.24, 2.45) is 0 Å². The van der Waals surface area contributed by atoms with E-state index in [9.17, 15) is 4.79 Å². The van der Waals surface area contributed by atoms with Gasteiger partial charge in [-0.1, -0.05) is 0 Å². The molecule has 21 heavy (non-hydrogen) atoms. The predicted molar refractivity (Wildman–Crippen MR) is 82.5 cm³/mol. The number of hydrogen-bond acceptors (Lipinski definition) is 3. The second-order valence-electron chi connectivity index (χ2n) is 5.49. The number of nitrogens with one attached hydrogen (secondary N) is 2. The predicted octanol–water partition coefficient (Wildman–Crippen LogP) is 2.12. The van der Waals surface area contributed by atoms with Crippen LogP contribution in [0.2, 0.25) is 0 Å². The van der Waals surface area contributed by atoms with Crippen molar-refractivity contribution in [3.05, 3.63) is 48.0 Å². The number of aromatic nitrogens is 2. The van der Waals surface area contributed by atoms with Gasteiger partial charge in [0.25, 0.3) is 5.91 Å². The number of nitrogens with zero attached hydrogens (tertiary/aromatic N) is 2. The molecule has 3 heterocycles. The molecule has 110 valence electrons. The number of H-pyrrole nitrogens is 1. The van der Waals surface area contributed by atoms with Crippen LogP contribution in [0.25, 0.3) is 0 Å². The summed E-state index contributed by atoms with van der Waals surface area (Å²) < 4.78 is 0. The SMILES string of the molecule is Cc1ccc(N2CCC(NC(=O)c3cc[nH]c3)CC2)cn1. The highest BCUT2D eigenvalue weighted by atomic mass is 16.1. The van der Waals surface area contributed by atoms with Gasteiger partial charge in [-0.25, -0.2) is 0 Å². The number of carbonyl (C=O) groups excluding carboxylic acids is 1. The van der Waals surface area contributed by atoms with Crippen LogP contribution in [-0.4, -0.2) is 35.0 Å². The maximum atomic E-state index is 12.0. The molecule has 0 spiro atoms. The van der Waals surface area contributed by atoms with E-state index < -0.39 is 0 Å². The Labute approximate surface area is 124 Å². The number of pyridine rings is 1. The van der Waals surface area contributed by atoms with Crippen molar-refractivity contribution in [1.82, 2.24) is 15.3 Å². The monoisotopic (exact) mass is 284 g/mol. The average Bonchev–Trinajstić information content (AvgIpc) is 3.03. The Bertz CT molecular complexity index is 583. The van der Waals surface area contributed by atoms with Crippen LogP contribution in [-0.2, 0) is 0 Å². The van der Waals surface area contributed by atoms with E-state index in [0.29, 0.717) is 5.56 Å². The highest BCUT2D eigenvalue weighted by Crippen LogP contribution is 2.19. The third-order valence-electron chi connectivity index (χ3n) is 3.95. The Kier molecular flexibility index (Phi) is 3.90. The Balaban J connectivity index is 1.53. The summed E-state index contributed by atoms with van der Waals surface area (Å²) in [6.45, 7) is 3.89. The number of aryl methyl sites for hydroxylation is 1. The van der Waals surface area contributed by atoms with Crippen molar-refractivity contribution < 1.29 is 4.79 Å². The Morgan fingerprint density at radius 3 is 2.76 bits per heavy atom. The normalized spacial score (nSPS) is 16.0. The van der Waals surface area contributed by atoms with Crippen LogP contribution in [0.4, 0.5) is 5.69 Å². The van der Waals surface area contributed by atoms with E-state index in [0.717, 1.165) is 37.3 Å². The molecule has 0 saturated carbocycles. The van der Waals surface area contributed by atoms with E-state index in [-0.39, 0.29) is 11.9 Å². The maximum absolute atomic E-state index is 12.0. The molecule has 0 unspecified atom stereocenters. The lowest BCUT2D eigenvalue weighted by Crippen LogP contribution is -2.44. The van der Waals surface area contributed by atoms with Gasteiger partial charge in [-0.15, -0.1) is 0 Å². The lowest BCUT2D eigenvalue weighted by atomic mass is 10.0. The minimum atomic E-state index is 0.00621. The molecule has 1 fully saturated rings. The van der Waals surface area contributed by atoms with Gasteiger partial charge >= 0.3 is 0 Å². The highest BCUT2D eigenvalue weighted by molar-refractivity contribution is 5.94. The molecule has 2 N–H and O–H groups in total. The number of carbonyl (C=O) groups is 1. The van der Waals surface area contributed by atoms with Crippen LogP contribution in [0.15, 0.2) is 36.8 Å². The molecule has 0 atom stereocenters. The van der Waals surface area contributed by atoms with Gasteiger partial charge < -0.3 is 15.2 Å². The van der Waals surface area contributed by atoms with E-state index in [4.69, 9.17) is 0 Å². The summed E-state index contributed by atoms with van der Waals surface area (Å²) in [7, 11) is 0. The van der Waals surface area contributed by atoms with Crippen LogP contribution in [0.5, 0.6) is 0 Å². The summed E-state index contributed by atoms with van der Waals surface area (Å²) in [5.41, 5.74) is 2.89. The van der Waals surface area contributed by atoms with Crippen molar-refractivity contribution in [1.29, 1.82) is 0 Å². The van der Waals surface area contributed by atoms with Crippen molar-refractivity contribution in [2.45, 2.75) is 25.8 Å². The lowest BCUT2D eigenvalue weighted by Gasteiger charge is -2.33. The first kappa shape index (κ1) is 13.7. The summed E-state index contributed by atoms with van der Waals surface area (Å²) in [4.78, 5) is 21.6. The number of rotatable bonds is 3. The molecule has 0 aliphatic carbocycles. The standard InChI is InChI=1S/C16H20N4O/c1-12-2-3-15(11-18-12)20-8-5-14(6-9-20)19-16(21)13-4-7-17-10-13/h2-4,7,10-11,14,17H,5-6,8-9H2,1H3,(H,19,21). The molecular formula is C16H20N4O. The fraction of sp³-hybridized carbons (Fsp3) is 0.375. The number of aromatic amines is 1. The van der Waals surface area contributed by atoms with Gasteiger partial charge in [0.2, 0.25) is 0 Å². The van der Waals surface area contributed by atoms with E-state index in [1.807, 2.05) is 19.2 Å². The minimum absolute atomic E-state index is 0.00621. The van der Waals surface area contributed by atoms with Crippen LogP contribution in [0.1, 0.15) is 28.9 Å². The van der Waals surface area contributed by atoms with Crippen LogP contribution >= 0.6 is 0 Å². The smallest absolute Gasteiger partial charge is 0.253 e. The van der Waals surface area contributed by atoms with Crippen LogP contribution < -0.4 is 10.2 Å². The molecule has 2 aromatic rings. The summed E-state index contributed by atoms with van der Waals surface area (Å²) in [5, 5.41) is 3.10. The largest absolute Gasteiger partial charge is 0.370 e. The van der Waals surface area contributed by atoms with Gasteiger partial charge in [0.05, 0.1) is 17.4 Å². The molecule has 3 rings (SSSR count). The van der Waals surface area contributed by atoms with Gasteiger partial charge in [-0.05, 0) is 38.0 Å². The molecule has 1 saturated heterocycles. The number of hydrogen-bond donors (Lipinski definition) is 2. The van der Waals surface area contributed by atoms with Gasteiger partial charge in [-0.3, -0.25) is 9.78 Å². The fourth-order valence-corrected chi connectivity index (χ4v) is 2.66. The second-order valence-corrected chi connectivity index (χ2v) is 5.49. The summed E-state index contributed by atoms with van der Waals surface area (Å²) >= 11 is 0. The first-order valence-corrected chi connectivity index (χ1v) is 7.33. The molecule has 5 nitrogen and oxygen atoms in total. The summed E-state index contributed by atoms with van der Waals surface area (Å²) in [6, 6.07) is 6.19. The molecule has 0 aromatic carbocycles. The number of amides is 1. The summed E-state index contributed by atoms with van der Waals surface area (Å²) in [5.74, 6) is 0.00621. The Hall–Kier alpha value is -2.30. The van der Waals surface area contributed by atoms with E-state index in [2.05, 4.69) is 26.3 Å². The average molecular weight is 284 g/mol. The fourth-order valence-electron chi connectivity index (χ4n) is 2.66. The lowest BCUT2D eigenvalue weighted by molar-refractivity contribution is 0.0931. The molecule has 0 radical (unpaired) electrons. The Morgan fingerprint density at radius 2 is 2.14 bits per heavy atom. The molecule has 1 amide bonds. The van der Waals surface area contributed by atoms with Crippen LogP contribution in [0, 0.1) is 6.92 Å². The quantitative estimate of drug-likeness (QED) is 0.907. The molecule has 2 aromatic heterocycles. The summed E-state index contributed by atoms with van der Waals surface area (Å²) in [6.07, 6.45) is 7.34. The van der Waals surface area contributed by atoms with E-state index in [1.165, 1.54) is 0 Å². The van der Waals surface area contributed by atoms with Gasteiger partial charge in [-0.2, -0.15) is 0 Å². The topological polar surface area (TPSA) is 61.0 Å². The molecule has 5 heteroatoms. The number of anilines is 1. The van der Waals surface area contributed by atoms with Gasteiger partial charge in [0.1, 0.15) is 0 Å². The number of piperidine rings is 1. The molecule has 0 bridgehead atoms. The van der Waals surface area contributed by atoms with E-state index >= 15 is 0 Å². The minimum Gasteiger partial charge on any atom is -0.370 e. The highest BCUT2D eigenvalue weighted by Gasteiger charge is 2.21. The molecule has 1 aliphatic heterocycles. The van der Waals surface area contributed by atoms with Crippen LogP contribution in [0.3, 0.4) is 0 Å². The first-order valence-electron chi connectivity index (χ1n) is 7.33. The van der Waals surface area contributed by atoms with Crippen molar-refractivity contribution in [3.63, 3.8) is 0 Å². The van der Waals surface area contributed by atoms with Crippen molar-refractivity contribution in [3.8, 4) is 0 Å². The zero-order valence-corrected chi connectivity index (χ0v) is 12.2. The zero-order valence-electron chi connectivity index (χ0n) is 12.2. The van der Waals surface area contributed by atoms with Gasteiger partial charge in [0.15, 0.2) is 0 Å². The molecular weight excluding hydrogens is 264 g/mol. The third-order valence-corrected chi connectivity index (χ3v) is 3.95. The zero-order chi connectivity index (χ0) is 14.7. The maximum Gasteiger partial charge on any atom is 0.253 e. The first-order chi connectivity index (χ1) is 10.2. The molecule has 1 aliphatic rings.